The third kappa shape index (κ3) is 11.6. The molecule has 0 aromatic heterocycles. The number of hydrogen-bond donors (Lipinski definition) is 6. The summed E-state index contributed by atoms with van der Waals surface area (Å²) in [6, 6.07) is 29.6. The number of carbonyl (C=O) groups excluding carboxylic acids is 1. The molecule has 55 heavy (non-hydrogen) atoms. The highest BCUT2D eigenvalue weighted by molar-refractivity contribution is 6.59. The SMILES string of the molecule is CC(=O)c1ccc2c(CN(CCCCCCN)Cc3ccccc3B(O)O)c3ccccc3c(CN(CCCCCCN)Cc3ccccc3B(O)O)c2c1. The number of ketones is 1. The van der Waals surface area contributed by atoms with Gasteiger partial charge in [-0.05, 0) is 120 Å². The number of fused-ring (bicyclic) bond motifs is 2. The molecule has 5 aromatic rings. The summed E-state index contributed by atoms with van der Waals surface area (Å²) in [5.41, 5.74) is 17.3. The summed E-state index contributed by atoms with van der Waals surface area (Å²) in [5.74, 6) is 0.00320. The molecule has 0 aliphatic heterocycles. The molecule has 0 aliphatic rings. The zero-order chi connectivity index (χ0) is 39.2. The van der Waals surface area contributed by atoms with E-state index in [4.69, 9.17) is 11.5 Å². The van der Waals surface area contributed by atoms with E-state index in [1.165, 1.54) is 0 Å². The standard InChI is InChI=1S/C44H58B2N4O5/c1-33(51)34-22-23-39-40(28-34)42(32-50(27-15-5-3-13-25-48)30-36-17-7-11-21-44(36)46(54)55)38-19-9-8-18-37(38)41(39)31-49(26-14-4-2-12-24-47)29-35-16-6-10-20-43(35)45(52)53/h6-11,16-23,28,52-55H,2-5,12-15,24-27,29-32,47-48H2,1H3. The fraction of sp³-hybridized carbons (Fsp3) is 0.386. The number of benzene rings is 5. The molecule has 0 saturated heterocycles. The highest BCUT2D eigenvalue weighted by Gasteiger charge is 2.23. The van der Waals surface area contributed by atoms with Crippen LogP contribution in [0.2, 0.25) is 0 Å². The molecule has 11 heteroatoms. The third-order valence-corrected chi connectivity index (χ3v) is 10.7. The Kier molecular flexibility index (Phi) is 16.4. The normalized spacial score (nSPS) is 11.7. The maximum absolute atomic E-state index is 12.9. The molecular weight excluding hydrogens is 686 g/mol. The van der Waals surface area contributed by atoms with Crippen molar-refractivity contribution in [3.05, 3.63) is 119 Å². The van der Waals surface area contributed by atoms with E-state index in [1.807, 2.05) is 48.5 Å². The van der Waals surface area contributed by atoms with Crippen molar-refractivity contribution >= 4 is 52.5 Å². The van der Waals surface area contributed by atoms with Crippen LogP contribution < -0.4 is 22.4 Å². The van der Waals surface area contributed by atoms with Crippen LogP contribution in [0.25, 0.3) is 21.5 Å². The number of nitrogens with two attached hydrogens (primary N) is 2. The van der Waals surface area contributed by atoms with Gasteiger partial charge < -0.3 is 31.6 Å². The molecule has 5 rings (SSSR count). The van der Waals surface area contributed by atoms with Gasteiger partial charge in [-0.2, -0.15) is 0 Å². The van der Waals surface area contributed by atoms with Crippen LogP contribution in [0.5, 0.6) is 0 Å². The van der Waals surface area contributed by atoms with Gasteiger partial charge in [0.25, 0.3) is 0 Å². The Morgan fingerprint density at radius 1 is 0.527 bits per heavy atom. The Labute approximate surface area is 327 Å². The van der Waals surface area contributed by atoms with Crippen LogP contribution in [0.3, 0.4) is 0 Å². The molecule has 8 N–H and O–H groups in total. The summed E-state index contributed by atoms with van der Waals surface area (Å²) in [7, 11) is -3.14. The first-order valence-corrected chi connectivity index (χ1v) is 19.9. The lowest BCUT2D eigenvalue weighted by Crippen LogP contribution is -2.36. The molecule has 0 heterocycles. The second kappa shape index (κ2) is 21.4. The molecular formula is C44H58B2N4O5. The fourth-order valence-corrected chi connectivity index (χ4v) is 7.80. The topological polar surface area (TPSA) is 157 Å². The van der Waals surface area contributed by atoms with Gasteiger partial charge in [0.2, 0.25) is 0 Å². The van der Waals surface area contributed by atoms with Crippen molar-refractivity contribution in [3.63, 3.8) is 0 Å². The van der Waals surface area contributed by atoms with E-state index in [9.17, 15) is 24.9 Å². The van der Waals surface area contributed by atoms with Gasteiger partial charge in [0.15, 0.2) is 5.78 Å². The number of Topliss-reactive ketones (excluding diaryl/α,β-unsaturated/α-hetero) is 1. The molecule has 0 fully saturated rings. The van der Waals surface area contributed by atoms with Crippen LogP contribution in [-0.2, 0) is 26.2 Å². The first kappa shape index (κ1) is 42.2. The first-order valence-electron chi connectivity index (χ1n) is 19.9. The second-order valence-corrected chi connectivity index (χ2v) is 14.8. The van der Waals surface area contributed by atoms with E-state index in [0.29, 0.717) is 55.8 Å². The summed E-state index contributed by atoms with van der Waals surface area (Å²) >= 11 is 0. The molecule has 0 saturated carbocycles. The number of unbranched alkanes of at least 4 members (excludes halogenated alkanes) is 6. The van der Waals surface area contributed by atoms with Crippen LogP contribution in [0.15, 0.2) is 91.0 Å². The van der Waals surface area contributed by atoms with Gasteiger partial charge in [0, 0.05) is 31.7 Å². The van der Waals surface area contributed by atoms with Crippen LogP contribution in [0.4, 0.5) is 0 Å². The van der Waals surface area contributed by atoms with E-state index in [2.05, 4.69) is 40.1 Å². The molecule has 0 spiro atoms. The van der Waals surface area contributed by atoms with Gasteiger partial charge in [-0.15, -0.1) is 0 Å². The van der Waals surface area contributed by atoms with Gasteiger partial charge in [-0.25, -0.2) is 0 Å². The number of nitrogens with zero attached hydrogens (tertiary/aromatic N) is 2. The molecule has 0 bridgehead atoms. The van der Waals surface area contributed by atoms with E-state index in [-0.39, 0.29) is 5.78 Å². The maximum atomic E-state index is 12.9. The minimum atomic E-state index is -1.57. The van der Waals surface area contributed by atoms with Crippen molar-refractivity contribution in [2.75, 3.05) is 26.2 Å². The van der Waals surface area contributed by atoms with Crippen molar-refractivity contribution in [1.82, 2.24) is 9.80 Å². The lowest BCUT2D eigenvalue weighted by Gasteiger charge is -2.28. The predicted octanol–water partition coefficient (Wildman–Crippen LogP) is 4.60. The van der Waals surface area contributed by atoms with E-state index in [0.717, 1.165) is 108 Å². The van der Waals surface area contributed by atoms with Crippen LogP contribution in [0, 0.1) is 0 Å². The van der Waals surface area contributed by atoms with Crippen molar-refractivity contribution in [2.45, 2.75) is 84.5 Å². The Bertz CT molecular complexity index is 1990. The third-order valence-electron chi connectivity index (χ3n) is 10.7. The molecule has 0 unspecified atom stereocenters. The Morgan fingerprint density at radius 3 is 1.40 bits per heavy atom. The lowest BCUT2D eigenvalue weighted by atomic mass is 9.77. The van der Waals surface area contributed by atoms with Crippen molar-refractivity contribution in [2.24, 2.45) is 11.5 Å². The highest BCUT2D eigenvalue weighted by Crippen LogP contribution is 2.36. The molecule has 0 amide bonds. The zero-order valence-electron chi connectivity index (χ0n) is 32.4. The quantitative estimate of drug-likeness (QED) is 0.0244. The van der Waals surface area contributed by atoms with Gasteiger partial charge in [0.05, 0.1) is 0 Å². The summed E-state index contributed by atoms with van der Waals surface area (Å²) in [6.45, 7) is 6.87. The van der Waals surface area contributed by atoms with E-state index >= 15 is 0 Å². The molecule has 5 aromatic carbocycles. The average Bonchev–Trinajstić information content (AvgIpc) is 3.18. The minimum Gasteiger partial charge on any atom is -0.423 e. The molecule has 290 valence electrons. The van der Waals surface area contributed by atoms with Gasteiger partial charge in [-0.1, -0.05) is 111 Å². The second-order valence-electron chi connectivity index (χ2n) is 14.8. The van der Waals surface area contributed by atoms with Gasteiger partial charge in [-0.3, -0.25) is 14.6 Å². The van der Waals surface area contributed by atoms with Crippen LogP contribution in [0.1, 0.15) is 90.9 Å². The molecule has 0 radical (unpaired) electrons. The Hall–Kier alpha value is -3.90. The maximum Gasteiger partial charge on any atom is 0.488 e. The number of hydrogen-bond acceptors (Lipinski definition) is 9. The van der Waals surface area contributed by atoms with Crippen LogP contribution in [-0.4, -0.2) is 76.1 Å². The average molecular weight is 745 g/mol. The van der Waals surface area contributed by atoms with Crippen molar-refractivity contribution in [1.29, 1.82) is 0 Å². The predicted molar refractivity (Wildman–Crippen MR) is 227 cm³/mol. The summed E-state index contributed by atoms with van der Waals surface area (Å²) in [6.07, 6.45) is 8.16. The van der Waals surface area contributed by atoms with Crippen molar-refractivity contribution < 1.29 is 24.9 Å². The monoisotopic (exact) mass is 744 g/mol. The van der Waals surface area contributed by atoms with Crippen LogP contribution >= 0.6 is 0 Å². The van der Waals surface area contributed by atoms with E-state index < -0.39 is 14.2 Å². The molecule has 0 aliphatic carbocycles. The Balaban J connectivity index is 1.61. The van der Waals surface area contributed by atoms with E-state index in [1.54, 1.807) is 19.1 Å². The summed E-state index contributed by atoms with van der Waals surface area (Å²) in [5, 5.41) is 45.3. The first-order chi connectivity index (χ1) is 26.7. The largest absolute Gasteiger partial charge is 0.488 e. The zero-order valence-corrected chi connectivity index (χ0v) is 32.4. The smallest absolute Gasteiger partial charge is 0.423 e. The highest BCUT2D eigenvalue weighted by atomic mass is 16.4. The van der Waals surface area contributed by atoms with Gasteiger partial charge in [0.1, 0.15) is 0 Å². The fourth-order valence-electron chi connectivity index (χ4n) is 7.80. The summed E-state index contributed by atoms with van der Waals surface area (Å²) in [4.78, 5) is 17.7. The number of carbonyl (C=O) groups is 1. The summed E-state index contributed by atoms with van der Waals surface area (Å²) < 4.78 is 0. The Morgan fingerprint density at radius 2 is 0.945 bits per heavy atom. The van der Waals surface area contributed by atoms with Crippen molar-refractivity contribution in [3.8, 4) is 0 Å². The lowest BCUT2D eigenvalue weighted by molar-refractivity contribution is 0.101. The molecule has 0 atom stereocenters. The van der Waals surface area contributed by atoms with Gasteiger partial charge >= 0.3 is 14.2 Å². The minimum absolute atomic E-state index is 0.00320. The molecule has 9 nitrogen and oxygen atoms in total. The number of rotatable bonds is 23.